The predicted molar refractivity (Wildman–Crippen MR) is 74.5 cm³/mol. The molecule has 0 spiro atoms. The number of halogens is 2. The molecule has 1 amide bonds. The molecular weight excluding hydrogens is 320 g/mol. The van der Waals surface area contributed by atoms with E-state index in [1.807, 2.05) is 0 Å². The van der Waals surface area contributed by atoms with Crippen molar-refractivity contribution in [1.29, 1.82) is 0 Å². The molecule has 0 aliphatic heterocycles. The molecule has 22 heavy (non-hydrogen) atoms. The second-order valence-electron chi connectivity index (χ2n) is 4.04. The Kier molecular flexibility index (Phi) is 4.61. The van der Waals surface area contributed by atoms with Crippen molar-refractivity contribution < 1.29 is 23.2 Å². The molecule has 1 N–H and O–H groups in total. The molecule has 0 fully saturated rings. The molecule has 0 saturated carbocycles. The predicted octanol–water partition coefficient (Wildman–Crippen LogP) is 3.21. The normalized spacial score (nSPS) is 10.5. The summed E-state index contributed by atoms with van der Waals surface area (Å²) >= 11 is 1.06. The third-order valence-electron chi connectivity index (χ3n) is 2.59. The Morgan fingerprint density at radius 1 is 1.50 bits per heavy atom. The van der Waals surface area contributed by atoms with Crippen LogP contribution in [0.15, 0.2) is 23.7 Å². The fourth-order valence-corrected chi connectivity index (χ4v) is 2.32. The summed E-state index contributed by atoms with van der Waals surface area (Å²) in [6, 6.07) is 2.96. The van der Waals surface area contributed by atoms with Gasteiger partial charge in [0.1, 0.15) is 10.6 Å². The molecule has 1 aromatic heterocycles. The molecule has 0 radical (unpaired) electrons. The molecule has 1 heterocycles. The van der Waals surface area contributed by atoms with E-state index >= 15 is 0 Å². The van der Waals surface area contributed by atoms with Crippen LogP contribution < -0.4 is 10.1 Å². The summed E-state index contributed by atoms with van der Waals surface area (Å²) in [5, 5.41) is 13.1. The number of ether oxygens (including phenoxy) is 1. The number of benzene rings is 1. The number of carbonyl (C=O) groups is 1. The van der Waals surface area contributed by atoms with Gasteiger partial charge in [-0.3, -0.25) is 14.9 Å². The maximum Gasteiger partial charge on any atom is 0.387 e. The molecule has 116 valence electrons. The minimum atomic E-state index is -3.12. The van der Waals surface area contributed by atoms with Gasteiger partial charge in [-0.25, -0.2) is 4.98 Å². The molecule has 0 atom stereocenters. The second-order valence-corrected chi connectivity index (χ2v) is 4.89. The summed E-state index contributed by atoms with van der Waals surface area (Å²) in [6.45, 7) is -1.52. The molecular formula is C12H9F2N3O4S. The average Bonchev–Trinajstić information content (AvgIpc) is 2.86. The number of alkyl halides is 2. The van der Waals surface area contributed by atoms with Gasteiger partial charge in [0.05, 0.1) is 21.8 Å². The third kappa shape index (κ3) is 3.52. The number of anilines is 1. The lowest BCUT2D eigenvalue weighted by Crippen LogP contribution is -2.14. The van der Waals surface area contributed by atoms with Crippen molar-refractivity contribution in [3.8, 4) is 5.75 Å². The van der Waals surface area contributed by atoms with Crippen LogP contribution in [-0.4, -0.2) is 22.4 Å². The fraction of sp³-hybridized carbons (Fsp3) is 0.167. The van der Waals surface area contributed by atoms with Gasteiger partial charge >= 0.3 is 6.61 Å². The summed E-state index contributed by atoms with van der Waals surface area (Å²) in [4.78, 5) is 26.3. The number of aromatic nitrogens is 1. The average molecular weight is 329 g/mol. The first kappa shape index (κ1) is 15.8. The highest BCUT2D eigenvalue weighted by Crippen LogP contribution is 2.31. The Balaban J connectivity index is 2.34. The molecule has 2 rings (SSSR count). The molecule has 0 unspecified atom stereocenters. The van der Waals surface area contributed by atoms with Gasteiger partial charge in [-0.2, -0.15) is 8.78 Å². The van der Waals surface area contributed by atoms with Crippen LogP contribution >= 0.6 is 11.3 Å². The number of hydrogen-bond donors (Lipinski definition) is 1. The largest absolute Gasteiger partial charge is 0.433 e. The van der Waals surface area contributed by atoms with Crippen molar-refractivity contribution in [3.05, 3.63) is 44.4 Å². The molecule has 0 aliphatic carbocycles. The minimum Gasteiger partial charge on any atom is -0.433 e. The number of thiazole rings is 1. The van der Waals surface area contributed by atoms with Gasteiger partial charge in [-0.15, -0.1) is 11.3 Å². The van der Waals surface area contributed by atoms with E-state index in [2.05, 4.69) is 15.0 Å². The first-order valence-corrected chi connectivity index (χ1v) is 6.71. The van der Waals surface area contributed by atoms with Gasteiger partial charge < -0.3 is 10.1 Å². The quantitative estimate of drug-likeness (QED) is 0.671. The van der Waals surface area contributed by atoms with Crippen molar-refractivity contribution >= 4 is 28.6 Å². The highest BCUT2D eigenvalue weighted by molar-refractivity contribution is 7.12. The molecule has 10 heteroatoms. The van der Waals surface area contributed by atoms with E-state index in [0.29, 0.717) is 5.69 Å². The summed E-state index contributed by atoms with van der Waals surface area (Å²) in [7, 11) is 0. The number of carbonyl (C=O) groups excluding carboxylic acids is 1. The van der Waals surface area contributed by atoms with Gasteiger partial charge in [0.25, 0.3) is 11.6 Å². The fourth-order valence-electron chi connectivity index (χ4n) is 1.63. The number of amides is 1. The maximum atomic E-state index is 12.4. The van der Waals surface area contributed by atoms with Crippen LogP contribution in [0.4, 0.5) is 20.2 Å². The Labute approximate surface area is 126 Å². The van der Waals surface area contributed by atoms with E-state index in [0.717, 1.165) is 29.5 Å². The van der Waals surface area contributed by atoms with Crippen molar-refractivity contribution in [3.63, 3.8) is 0 Å². The summed E-state index contributed by atoms with van der Waals surface area (Å²) in [6.07, 6.45) is 0. The molecule has 2 aromatic rings. The highest BCUT2D eigenvalue weighted by atomic mass is 32.1. The van der Waals surface area contributed by atoms with Crippen molar-refractivity contribution in [2.24, 2.45) is 0 Å². The van der Waals surface area contributed by atoms with E-state index in [9.17, 15) is 23.7 Å². The zero-order chi connectivity index (χ0) is 16.3. The molecule has 7 nitrogen and oxygen atoms in total. The van der Waals surface area contributed by atoms with Gasteiger partial charge in [-0.1, -0.05) is 0 Å². The van der Waals surface area contributed by atoms with Crippen LogP contribution in [0.3, 0.4) is 0 Å². The monoisotopic (exact) mass is 329 g/mol. The summed E-state index contributed by atoms with van der Waals surface area (Å²) in [5.74, 6) is -0.976. The lowest BCUT2D eigenvalue weighted by molar-refractivity contribution is -0.384. The molecule has 0 saturated heterocycles. The zero-order valence-electron chi connectivity index (χ0n) is 11.1. The number of nitro benzene ring substituents is 1. The summed E-state index contributed by atoms with van der Waals surface area (Å²) in [5.41, 5.74) is 1.34. The maximum absolute atomic E-state index is 12.4. The van der Waals surface area contributed by atoms with Crippen LogP contribution in [0, 0.1) is 17.0 Å². The van der Waals surface area contributed by atoms with Gasteiger partial charge in [0.2, 0.25) is 0 Å². The van der Waals surface area contributed by atoms with Gasteiger partial charge in [-0.05, 0) is 13.0 Å². The molecule has 1 aromatic carbocycles. The topological polar surface area (TPSA) is 94.4 Å². The number of nitro groups is 1. The Bertz CT molecular complexity index is 720. The number of nitrogens with zero attached hydrogens (tertiary/aromatic N) is 2. The van der Waals surface area contributed by atoms with Crippen LogP contribution in [0.1, 0.15) is 15.4 Å². The number of non-ortho nitro benzene ring substituents is 1. The number of nitrogens with one attached hydrogen (secondary N) is 1. The van der Waals surface area contributed by atoms with Crippen LogP contribution in [-0.2, 0) is 0 Å². The molecule has 0 bridgehead atoms. The first-order valence-electron chi connectivity index (χ1n) is 5.83. The second kappa shape index (κ2) is 6.43. The van der Waals surface area contributed by atoms with Crippen LogP contribution in [0.5, 0.6) is 5.75 Å². The van der Waals surface area contributed by atoms with Gasteiger partial charge in [0, 0.05) is 12.1 Å². The Morgan fingerprint density at radius 2 is 2.23 bits per heavy atom. The van der Waals surface area contributed by atoms with E-state index in [4.69, 9.17) is 0 Å². The molecule has 0 aliphatic rings. The van der Waals surface area contributed by atoms with Gasteiger partial charge in [0.15, 0.2) is 0 Å². The number of aryl methyl sites for hydroxylation is 1. The lowest BCUT2D eigenvalue weighted by atomic mass is 10.2. The van der Waals surface area contributed by atoms with Crippen molar-refractivity contribution in [2.75, 3.05) is 5.32 Å². The number of rotatable bonds is 5. The van der Waals surface area contributed by atoms with Crippen molar-refractivity contribution in [2.45, 2.75) is 13.5 Å². The standard InChI is InChI=1S/C12H9F2N3O4S/c1-6-10(22-5-15-6)11(18)16-8-4-7(17(19)20)2-3-9(8)21-12(13)14/h2-5,12H,1H3,(H,16,18). The van der Waals surface area contributed by atoms with Crippen LogP contribution in [0.25, 0.3) is 0 Å². The van der Waals surface area contributed by atoms with E-state index in [1.54, 1.807) is 6.92 Å². The smallest absolute Gasteiger partial charge is 0.387 e. The third-order valence-corrected chi connectivity index (χ3v) is 3.52. The summed E-state index contributed by atoms with van der Waals surface area (Å²) < 4.78 is 29.0. The SMILES string of the molecule is Cc1ncsc1C(=O)Nc1cc([N+](=O)[O-])ccc1OC(F)F. The highest BCUT2D eigenvalue weighted by Gasteiger charge is 2.19. The minimum absolute atomic E-state index is 0.215. The van der Waals surface area contributed by atoms with E-state index < -0.39 is 17.4 Å². The van der Waals surface area contributed by atoms with Crippen LogP contribution in [0.2, 0.25) is 0 Å². The Morgan fingerprint density at radius 3 is 2.77 bits per heavy atom. The van der Waals surface area contributed by atoms with E-state index in [1.165, 1.54) is 5.51 Å². The first-order chi connectivity index (χ1) is 10.4. The number of hydrogen-bond acceptors (Lipinski definition) is 6. The lowest BCUT2D eigenvalue weighted by Gasteiger charge is -2.11. The van der Waals surface area contributed by atoms with Crippen molar-refractivity contribution in [1.82, 2.24) is 4.98 Å². The Hall–Kier alpha value is -2.62. The van der Waals surface area contributed by atoms with E-state index in [-0.39, 0.29) is 22.0 Å². The zero-order valence-corrected chi connectivity index (χ0v) is 11.9.